The number of hydrogen-bond acceptors (Lipinski definition) is 3. The summed E-state index contributed by atoms with van der Waals surface area (Å²) in [5.74, 6) is 0. The molecule has 0 saturated carbocycles. The highest BCUT2D eigenvalue weighted by molar-refractivity contribution is 9.11. The number of hydrogen-bond donors (Lipinski definition) is 2. The third kappa shape index (κ3) is 4.37. The van der Waals surface area contributed by atoms with Gasteiger partial charge in [0.05, 0.1) is 11.5 Å². The van der Waals surface area contributed by atoms with Gasteiger partial charge in [0.1, 0.15) is 0 Å². The van der Waals surface area contributed by atoms with E-state index in [0.29, 0.717) is 4.47 Å². The fraction of sp³-hybridized carbons (Fsp3) is 0.143. The topological polar surface area (TPSA) is 66.4 Å². The average Bonchev–Trinajstić information content (AvgIpc) is 2.45. The van der Waals surface area contributed by atoms with E-state index in [1.54, 1.807) is 36.4 Å². The van der Waals surface area contributed by atoms with Gasteiger partial charge in [-0.05, 0) is 45.3 Å². The van der Waals surface area contributed by atoms with Crippen molar-refractivity contribution in [2.24, 2.45) is 0 Å². The van der Waals surface area contributed by atoms with Crippen molar-refractivity contribution in [2.45, 2.75) is 18.0 Å². The summed E-state index contributed by atoms with van der Waals surface area (Å²) in [4.78, 5) is 0.184. The van der Waals surface area contributed by atoms with Crippen molar-refractivity contribution in [3.8, 4) is 0 Å². The van der Waals surface area contributed by atoms with E-state index in [2.05, 4.69) is 36.6 Å². The van der Waals surface area contributed by atoms with E-state index >= 15 is 0 Å². The Labute approximate surface area is 140 Å². The molecule has 0 spiro atoms. The Morgan fingerprint density at radius 3 is 2.43 bits per heavy atom. The number of aliphatic hydroxyl groups is 1. The molecule has 0 aliphatic rings. The van der Waals surface area contributed by atoms with Gasteiger partial charge in [-0.15, -0.1) is 0 Å². The summed E-state index contributed by atoms with van der Waals surface area (Å²) < 4.78 is 28.4. The molecule has 0 aliphatic heterocycles. The highest BCUT2D eigenvalue weighted by Gasteiger charge is 2.17. The zero-order chi connectivity index (χ0) is 15.5. The molecule has 0 unspecified atom stereocenters. The summed E-state index contributed by atoms with van der Waals surface area (Å²) in [5.41, 5.74) is 1.54. The summed E-state index contributed by atoms with van der Waals surface area (Å²) in [6.07, 6.45) is 0. The number of aliphatic hydroxyl groups excluding tert-OH is 1. The van der Waals surface area contributed by atoms with Gasteiger partial charge in [0.25, 0.3) is 0 Å². The molecule has 4 nitrogen and oxygen atoms in total. The fourth-order valence-corrected chi connectivity index (χ4v) is 4.55. The van der Waals surface area contributed by atoms with Crippen LogP contribution in [0.25, 0.3) is 0 Å². The summed E-state index contributed by atoms with van der Waals surface area (Å²) in [5, 5.41) is 9.08. The lowest BCUT2D eigenvalue weighted by atomic mass is 10.1. The van der Waals surface area contributed by atoms with E-state index in [1.165, 1.54) is 6.07 Å². The molecular formula is C14H13Br2NO3S. The van der Waals surface area contributed by atoms with Gasteiger partial charge in [-0.2, -0.15) is 0 Å². The van der Waals surface area contributed by atoms with Gasteiger partial charge in [-0.3, -0.25) is 0 Å². The molecule has 2 aromatic rings. The molecule has 0 fully saturated rings. The Balaban J connectivity index is 2.17. The molecule has 0 heterocycles. The zero-order valence-electron chi connectivity index (χ0n) is 10.9. The highest BCUT2D eigenvalue weighted by Crippen LogP contribution is 2.25. The maximum atomic E-state index is 12.3. The minimum absolute atomic E-state index is 0.0706. The van der Waals surface area contributed by atoms with Crippen LogP contribution in [-0.2, 0) is 23.2 Å². The molecule has 0 amide bonds. The van der Waals surface area contributed by atoms with Crippen LogP contribution in [0.2, 0.25) is 0 Å². The van der Waals surface area contributed by atoms with Gasteiger partial charge < -0.3 is 5.11 Å². The Kier molecular flexibility index (Phi) is 5.56. The van der Waals surface area contributed by atoms with Crippen LogP contribution < -0.4 is 4.72 Å². The van der Waals surface area contributed by atoms with Crippen LogP contribution >= 0.6 is 31.9 Å². The van der Waals surface area contributed by atoms with Crippen molar-refractivity contribution in [1.82, 2.24) is 4.72 Å². The first-order valence-electron chi connectivity index (χ1n) is 6.06. The number of rotatable bonds is 5. The molecule has 112 valence electrons. The Morgan fingerprint density at radius 2 is 1.76 bits per heavy atom. The smallest absolute Gasteiger partial charge is 0.241 e. The summed E-state index contributed by atoms with van der Waals surface area (Å²) in [7, 11) is -3.61. The minimum Gasteiger partial charge on any atom is -0.392 e. The second-order valence-corrected chi connectivity index (χ2v) is 7.88. The summed E-state index contributed by atoms with van der Waals surface area (Å²) >= 11 is 6.54. The maximum absolute atomic E-state index is 12.3. The molecule has 0 saturated heterocycles. The molecular weight excluding hydrogens is 422 g/mol. The van der Waals surface area contributed by atoms with Gasteiger partial charge in [0, 0.05) is 15.5 Å². The molecule has 21 heavy (non-hydrogen) atoms. The van der Waals surface area contributed by atoms with E-state index in [-0.39, 0.29) is 18.0 Å². The van der Waals surface area contributed by atoms with E-state index in [4.69, 9.17) is 5.11 Å². The Morgan fingerprint density at radius 1 is 1.05 bits per heavy atom. The Hall–Kier alpha value is -0.730. The van der Waals surface area contributed by atoms with Crippen LogP contribution in [0.15, 0.2) is 56.3 Å². The molecule has 2 rings (SSSR count). The molecule has 0 aliphatic carbocycles. The Bertz CT molecular complexity index is 748. The highest BCUT2D eigenvalue weighted by atomic mass is 79.9. The SMILES string of the molecule is O=S(=O)(NCc1cccc(CO)c1)c1ccc(Br)cc1Br. The fourth-order valence-electron chi connectivity index (χ4n) is 1.79. The normalized spacial score (nSPS) is 11.6. The van der Waals surface area contributed by atoms with Gasteiger partial charge in [0.15, 0.2) is 0 Å². The van der Waals surface area contributed by atoms with Crippen LogP contribution in [0.5, 0.6) is 0 Å². The van der Waals surface area contributed by atoms with Crippen LogP contribution in [0, 0.1) is 0 Å². The molecule has 0 radical (unpaired) electrons. The third-order valence-electron chi connectivity index (χ3n) is 2.82. The van der Waals surface area contributed by atoms with Crippen molar-refractivity contribution in [3.63, 3.8) is 0 Å². The maximum Gasteiger partial charge on any atom is 0.241 e. The molecule has 0 bridgehead atoms. The molecule has 2 aromatic carbocycles. The van der Waals surface area contributed by atoms with Gasteiger partial charge in [0.2, 0.25) is 10.0 Å². The molecule has 0 atom stereocenters. The minimum atomic E-state index is -3.61. The monoisotopic (exact) mass is 433 g/mol. The molecule has 7 heteroatoms. The quantitative estimate of drug-likeness (QED) is 0.759. The number of sulfonamides is 1. The van der Waals surface area contributed by atoms with Gasteiger partial charge >= 0.3 is 0 Å². The summed E-state index contributed by atoms with van der Waals surface area (Å²) in [6, 6.07) is 12.0. The molecule has 2 N–H and O–H groups in total. The largest absolute Gasteiger partial charge is 0.392 e. The first-order chi connectivity index (χ1) is 9.92. The van der Waals surface area contributed by atoms with E-state index in [9.17, 15) is 8.42 Å². The second kappa shape index (κ2) is 7.02. The van der Waals surface area contributed by atoms with Gasteiger partial charge in [-0.1, -0.05) is 40.2 Å². The first kappa shape index (κ1) is 16.6. The lowest BCUT2D eigenvalue weighted by Crippen LogP contribution is -2.23. The summed E-state index contributed by atoms with van der Waals surface area (Å²) in [6.45, 7) is 0.0948. The zero-order valence-corrected chi connectivity index (χ0v) is 14.9. The average molecular weight is 435 g/mol. The number of nitrogens with one attached hydrogen (secondary N) is 1. The first-order valence-corrected chi connectivity index (χ1v) is 9.12. The standard InChI is InChI=1S/C14H13Br2NO3S/c15-12-4-5-14(13(16)7-12)21(19,20)17-8-10-2-1-3-11(6-10)9-18/h1-7,17-18H,8-9H2. The van der Waals surface area contributed by atoms with E-state index in [1.807, 2.05) is 0 Å². The van der Waals surface area contributed by atoms with Crippen LogP contribution in [-0.4, -0.2) is 13.5 Å². The predicted molar refractivity (Wildman–Crippen MR) is 88.2 cm³/mol. The molecule has 0 aromatic heterocycles. The second-order valence-electron chi connectivity index (χ2n) is 4.38. The van der Waals surface area contributed by atoms with E-state index in [0.717, 1.165) is 15.6 Å². The van der Waals surface area contributed by atoms with E-state index < -0.39 is 10.0 Å². The van der Waals surface area contributed by atoms with Crippen molar-refractivity contribution in [1.29, 1.82) is 0 Å². The van der Waals surface area contributed by atoms with Crippen molar-refractivity contribution >= 4 is 41.9 Å². The van der Waals surface area contributed by atoms with Crippen LogP contribution in [0.4, 0.5) is 0 Å². The van der Waals surface area contributed by atoms with Crippen molar-refractivity contribution in [2.75, 3.05) is 0 Å². The number of halogens is 2. The van der Waals surface area contributed by atoms with Gasteiger partial charge in [-0.25, -0.2) is 13.1 Å². The van der Waals surface area contributed by atoms with Crippen LogP contribution in [0.3, 0.4) is 0 Å². The van der Waals surface area contributed by atoms with Crippen molar-refractivity contribution in [3.05, 3.63) is 62.5 Å². The lowest BCUT2D eigenvalue weighted by molar-refractivity contribution is 0.281. The number of benzene rings is 2. The third-order valence-corrected chi connectivity index (χ3v) is 5.69. The van der Waals surface area contributed by atoms with Crippen molar-refractivity contribution < 1.29 is 13.5 Å². The van der Waals surface area contributed by atoms with Crippen LogP contribution in [0.1, 0.15) is 11.1 Å². The predicted octanol–water partition coefficient (Wildman–Crippen LogP) is 3.18. The lowest BCUT2D eigenvalue weighted by Gasteiger charge is -2.09.